The summed E-state index contributed by atoms with van der Waals surface area (Å²) in [5.41, 5.74) is 4.83. The van der Waals surface area contributed by atoms with Gasteiger partial charge in [0.05, 0.1) is 22.6 Å². The van der Waals surface area contributed by atoms with Crippen LogP contribution in [-0.4, -0.2) is 43.5 Å². The Balaban J connectivity index is 1.36. The summed E-state index contributed by atoms with van der Waals surface area (Å²) in [6.07, 6.45) is 4.67. The molecule has 3 heterocycles. The number of amides is 2. The third-order valence-electron chi connectivity index (χ3n) is 5.60. The van der Waals surface area contributed by atoms with E-state index in [-0.39, 0.29) is 5.91 Å². The lowest BCUT2D eigenvalue weighted by molar-refractivity contribution is 0.102. The number of carbonyl (C=O) groups is 2. The molecule has 37 heavy (non-hydrogen) atoms. The van der Waals surface area contributed by atoms with Crippen LogP contribution in [0.15, 0.2) is 91.4 Å². The van der Waals surface area contributed by atoms with Crippen LogP contribution in [0.5, 0.6) is 0 Å². The molecule has 3 aromatic heterocycles. The minimum Gasteiger partial charge on any atom is -0.465 e. The molecule has 2 amide bonds. The normalized spacial score (nSPS) is 10.7. The van der Waals surface area contributed by atoms with E-state index in [0.717, 1.165) is 22.6 Å². The van der Waals surface area contributed by atoms with Crippen molar-refractivity contribution in [2.24, 2.45) is 0 Å². The van der Waals surface area contributed by atoms with Crippen LogP contribution >= 0.6 is 0 Å². The van der Waals surface area contributed by atoms with Crippen molar-refractivity contribution in [3.63, 3.8) is 0 Å². The average Bonchev–Trinajstić information content (AvgIpc) is 2.91. The van der Waals surface area contributed by atoms with Crippen molar-refractivity contribution in [2.75, 3.05) is 11.9 Å². The number of nitrogens with one attached hydrogen (secondary N) is 2. The zero-order chi connectivity index (χ0) is 25.9. The fourth-order valence-corrected chi connectivity index (χ4v) is 3.76. The van der Waals surface area contributed by atoms with E-state index >= 15 is 0 Å². The van der Waals surface area contributed by atoms with Crippen molar-refractivity contribution in [1.82, 2.24) is 25.2 Å². The van der Waals surface area contributed by atoms with Gasteiger partial charge in [-0.3, -0.25) is 24.6 Å². The number of rotatable bonds is 11. The Labute approximate surface area is 215 Å². The van der Waals surface area contributed by atoms with E-state index in [2.05, 4.69) is 30.5 Å². The van der Waals surface area contributed by atoms with Crippen molar-refractivity contribution >= 4 is 17.7 Å². The smallest absolute Gasteiger partial charge is 0.404 e. The topological polar surface area (TPSA) is 120 Å². The molecule has 0 bridgehead atoms. The largest absolute Gasteiger partial charge is 0.465 e. The Morgan fingerprint density at radius 1 is 0.757 bits per heavy atom. The van der Waals surface area contributed by atoms with E-state index in [9.17, 15) is 9.59 Å². The Morgan fingerprint density at radius 3 is 1.89 bits per heavy atom. The van der Waals surface area contributed by atoms with Gasteiger partial charge in [0.2, 0.25) is 0 Å². The lowest BCUT2D eigenvalue weighted by atomic mass is 10.1. The molecule has 0 saturated heterocycles. The number of benzene rings is 1. The molecular formula is C28H28N6O3. The Hall–Kier alpha value is -4.63. The summed E-state index contributed by atoms with van der Waals surface area (Å²) in [4.78, 5) is 38.9. The summed E-state index contributed by atoms with van der Waals surface area (Å²) in [7, 11) is 0. The minimum atomic E-state index is -1.04. The number of aromatic nitrogens is 3. The van der Waals surface area contributed by atoms with E-state index < -0.39 is 6.09 Å². The van der Waals surface area contributed by atoms with E-state index in [1.54, 1.807) is 36.8 Å². The zero-order valence-electron chi connectivity index (χ0n) is 20.2. The number of hydrogen-bond donors (Lipinski definition) is 3. The van der Waals surface area contributed by atoms with E-state index in [0.29, 0.717) is 43.9 Å². The summed E-state index contributed by atoms with van der Waals surface area (Å²) in [5.74, 6) is -0.252. The van der Waals surface area contributed by atoms with Gasteiger partial charge < -0.3 is 15.7 Å². The molecule has 3 N–H and O–H groups in total. The highest BCUT2D eigenvalue weighted by atomic mass is 16.4. The Bertz CT molecular complexity index is 1240. The van der Waals surface area contributed by atoms with Crippen LogP contribution in [0.4, 0.5) is 10.5 Å². The lowest BCUT2D eigenvalue weighted by Crippen LogP contribution is -2.24. The third-order valence-corrected chi connectivity index (χ3v) is 5.60. The van der Waals surface area contributed by atoms with E-state index in [4.69, 9.17) is 5.11 Å². The maximum atomic E-state index is 12.7. The highest BCUT2D eigenvalue weighted by Gasteiger charge is 2.12. The molecule has 0 aliphatic carbocycles. The molecule has 0 saturated carbocycles. The first-order valence-electron chi connectivity index (χ1n) is 11.9. The summed E-state index contributed by atoms with van der Waals surface area (Å²) >= 11 is 0. The number of carbonyl (C=O) groups excluding carboxylic acids is 1. The molecular weight excluding hydrogens is 468 g/mol. The number of pyridine rings is 3. The van der Waals surface area contributed by atoms with Gasteiger partial charge in [-0.1, -0.05) is 24.3 Å². The van der Waals surface area contributed by atoms with Crippen LogP contribution in [0.1, 0.15) is 33.0 Å². The van der Waals surface area contributed by atoms with Crippen molar-refractivity contribution < 1.29 is 14.7 Å². The molecule has 9 heteroatoms. The third kappa shape index (κ3) is 8.22. The molecule has 0 spiro atoms. The number of nitrogens with zero attached hydrogens (tertiary/aromatic N) is 4. The summed E-state index contributed by atoms with van der Waals surface area (Å²) < 4.78 is 0. The van der Waals surface area contributed by atoms with Gasteiger partial charge in [0.15, 0.2) is 0 Å². The highest BCUT2D eigenvalue weighted by molar-refractivity contribution is 6.04. The van der Waals surface area contributed by atoms with Gasteiger partial charge in [-0.15, -0.1) is 0 Å². The van der Waals surface area contributed by atoms with Gasteiger partial charge in [-0.05, 0) is 60.5 Å². The maximum Gasteiger partial charge on any atom is 0.404 e. The summed E-state index contributed by atoms with van der Waals surface area (Å²) in [6, 6.07) is 22.6. The zero-order valence-corrected chi connectivity index (χ0v) is 20.2. The molecule has 0 unspecified atom stereocenters. The second-order valence-corrected chi connectivity index (χ2v) is 8.46. The van der Waals surface area contributed by atoms with Crippen LogP contribution in [0, 0.1) is 0 Å². The summed E-state index contributed by atoms with van der Waals surface area (Å²) in [6.45, 7) is 2.20. The second kappa shape index (κ2) is 12.9. The Kier molecular flexibility index (Phi) is 8.87. The van der Waals surface area contributed by atoms with Crippen LogP contribution in [-0.2, 0) is 26.1 Å². The molecule has 0 aliphatic rings. The van der Waals surface area contributed by atoms with Gasteiger partial charge in [0, 0.05) is 50.5 Å². The van der Waals surface area contributed by atoms with Crippen molar-refractivity contribution in [1.29, 1.82) is 0 Å². The molecule has 0 radical (unpaired) electrons. The SMILES string of the molecule is O=C(O)NCCc1ccc(NC(=O)c2ccc(CN(Cc3ccccn3)Cc3ccccn3)nc2)cc1. The van der Waals surface area contributed by atoms with Crippen molar-refractivity contribution in [3.8, 4) is 0 Å². The molecule has 4 rings (SSSR count). The van der Waals surface area contributed by atoms with Crippen LogP contribution in [0.25, 0.3) is 0 Å². The Morgan fingerprint density at radius 2 is 1.38 bits per heavy atom. The second-order valence-electron chi connectivity index (χ2n) is 8.46. The first-order chi connectivity index (χ1) is 18.0. The monoisotopic (exact) mass is 496 g/mol. The first kappa shape index (κ1) is 25.5. The van der Waals surface area contributed by atoms with E-state index in [1.165, 1.54) is 0 Å². The predicted octanol–water partition coefficient (Wildman–Crippen LogP) is 4.14. The van der Waals surface area contributed by atoms with Crippen molar-refractivity contribution in [3.05, 3.63) is 120 Å². The molecule has 188 valence electrons. The molecule has 0 fully saturated rings. The quantitative estimate of drug-likeness (QED) is 0.285. The van der Waals surface area contributed by atoms with Gasteiger partial charge in [0.1, 0.15) is 0 Å². The highest BCUT2D eigenvalue weighted by Crippen LogP contribution is 2.14. The number of carboxylic acid groups (broad SMARTS) is 1. The van der Waals surface area contributed by atoms with Gasteiger partial charge >= 0.3 is 6.09 Å². The molecule has 4 aromatic rings. The van der Waals surface area contributed by atoms with Gasteiger partial charge in [0.25, 0.3) is 5.91 Å². The summed E-state index contributed by atoms with van der Waals surface area (Å²) in [5, 5.41) is 13.9. The maximum absolute atomic E-state index is 12.7. The van der Waals surface area contributed by atoms with E-state index in [1.807, 2.05) is 54.6 Å². The van der Waals surface area contributed by atoms with Crippen molar-refractivity contribution in [2.45, 2.75) is 26.1 Å². The molecule has 1 aromatic carbocycles. The predicted molar refractivity (Wildman–Crippen MR) is 140 cm³/mol. The van der Waals surface area contributed by atoms with Crippen LogP contribution < -0.4 is 10.6 Å². The van der Waals surface area contributed by atoms with Crippen LogP contribution in [0.2, 0.25) is 0 Å². The molecule has 9 nitrogen and oxygen atoms in total. The fraction of sp³-hybridized carbons (Fsp3) is 0.179. The van der Waals surface area contributed by atoms with Crippen LogP contribution in [0.3, 0.4) is 0 Å². The molecule has 0 aliphatic heterocycles. The first-order valence-corrected chi connectivity index (χ1v) is 11.9. The number of hydrogen-bond acceptors (Lipinski definition) is 6. The minimum absolute atomic E-state index is 0.252. The lowest BCUT2D eigenvalue weighted by Gasteiger charge is -2.21. The van der Waals surface area contributed by atoms with Gasteiger partial charge in [-0.25, -0.2) is 4.79 Å². The fourth-order valence-electron chi connectivity index (χ4n) is 3.76. The van der Waals surface area contributed by atoms with Gasteiger partial charge in [-0.2, -0.15) is 0 Å². The molecule has 0 atom stereocenters. The standard InChI is InChI=1S/C28H28N6O3/c35-27(33-23-10-7-21(8-11-23)13-16-31-28(36)37)22-9-12-26(32-17-22)20-34(18-24-5-1-3-14-29-24)19-25-6-2-4-15-30-25/h1-12,14-15,17,31H,13,16,18-20H2,(H,33,35)(H,36,37). The average molecular weight is 497 g/mol. The number of anilines is 1.